The fourth-order valence-electron chi connectivity index (χ4n) is 1.41. The second-order valence-electron chi connectivity index (χ2n) is 3.34. The summed E-state index contributed by atoms with van der Waals surface area (Å²) in [5, 5.41) is 3.95. The van der Waals surface area contributed by atoms with E-state index in [-0.39, 0.29) is 5.96 Å². The molecule has 1 aromatic heterocycles. The predicted octanol–water partition coefficient (Wildman–Crippen LogP) is 1.55. The third-order valence-electron chi connectivity index (χ3n) is 2.12. The van der Waals surface area contributed by atoms with Crippen molar-refractivity contribution in [3.8, 4) is 11.3 Å². The summed E-state index contributed by atoms with van der Waals surface area (Å²) in [7, 11) is 0. The van der Waals surface area contributed by atoms with Gasteiger partial charge in [0.15, 0.2) is 11.7 Å². The van der Waals surface area contributed by atoms with Crippen LogP contribution in [0.5, 0.6) is 0 Å². The SMILES string of the molecule is Cc1onc(-c2ccccc2)c1N=C(N)N. The van der Waals surface area contributed by atoms with Gasteiger partial charge in [0.1, 0.15) is 11.4 Å². The molecule has 0 amide bonds. The highest BCUT2D eigenvalue weighted by atomic mass is 16.5. The average Bonchev–Trinajstić information content (AvgIpc) is 2.61. The number of benzene rings is 1. The molecule has 2 aromatic rings. The Kier molecular flexibility index (Phi) is 2.59. The first kappa shape index (κ1) is 10.2. The van der Waals surface area contributed by atoms with E-state index in [9.17, 15) is 0 Å². The zero-order chi connectivity index (χ0) is 11.5. The number of rotatable bonds is 2. The Bertz CT molecular complexity index is 512. The zero-order valence-electron chi connectivity index (χ0n) is 8.84. The third kappa shape index (κ3) is 1.88. The lowest BCUT2D eigenvalue weighted by Gasteiger charge is -1.97. The van der Waals surface area contributed by atoms with Crippen LogP contribution >= 0.6 is 0 Å². The molecule has 5 nitrogen and oxygen atoms in total. The minimum Gasteiger partial charge on any atom is -0.370 e. The molecule has 0 aliphatic heterocycles. The molecule has 0 unspecified atom stereocenters. The highest BCUT2D eigenvalue weighted by Gasteiger charge is 2.13. The molecule has 16 heavy (non-hydrogen) atoms. The number of aliphatic imine (C=N–C) groups is 1. The maximum absolute atomic E-state index is 5.36. The topological polar surface area (TPSA) is 90.4 Å². The average molecular weight is 216 g/mol. The summed E-state index contributed by atoms with van der Waals surface area (Å²) in [6.45, 7) is 1.77. The number of guanidine groups is 1. The Labute approximate surface area is 92.8 Å². The van der Waals surface area contributed by atoms with Crippen LogP contribution in [-0.4, -0.2) is 11.1 Å². The molecular formula is C11H12N4O. The van der Waals surface area contributed by atoms with Crippen LogP contribution in [0.4, 0.5) is 5.69 Å². The van der Waals surface area contributed by atoms with E-state index in [0.29, 0.717) is 17.1 Å². The van der Waals surface area contributed by atoms with E-state index in [1.807, 2.05) is 30.3 Å². The van der Waals surface area contributed by atoms with Crippen molar-refractivity contribution < 1.29 is 4.52 Å². The van der Waals surface area contributed by atoms with Crippen molar-refractivity contribution in [3.63, 3.8) is 0 Å². The van der Waals surface area contributed by atoms with E-state index in [2.05, 4.69) is 10.1 Å². The van der Waals surface area contributed by atoms with Gasteiger partial charge in [0, 0.05) is 5.56 Å². The highest BCUT2D eigenvalue weighted by Crippen LogP contribution is 2.31. The quantitative estimate of drug-likeness (QED) is 0.588. The number of nitrogens with two attached hydrogens (primary N) is 2. The molecule has 0 saturated heterocycles. The van der Waals surface area contributed by atoms with Gasteiger partial charge >= 0.3 is 0 Å². The molecule has 1 aromatic carbocycles. The van der Waals surface area contributed by atoms with Gasteiger partial charge in [0.25, 0.3) is 0 Å². The number of hydrogen-bond donors (Lipinski definition) is 2. The minimum absolute atomic E-state index is 0.0107. The molecule has 1 heterocycles. The summed E-state index contributed by atoms with van der Waals surface area (Å²) >= 11 is 0. The number of aryl methyl sites for hydroxylation is 1. The van der Waals surface area contributed by atoms with Crippen molar-refractivity contribution >= 4 is 11.6 Å². The van der Waals surface area contributed by atoms with Crippen LogP contribution in [0.1, 0.15) is 5.76 Å². The summed E-state index contributed by atoms with van der Waals surface area (Å²) in [4.78, 5) is 4.01. The summed E-state index contributed by atoms with van der Waals surface area (Å²) < 4.78 is 5.08. The molecule has 0 fully saturated rings. The zero-order valence-corrected chi connectivity index (χ0v) is 8.84. The first-order chi connectivity index (χ1) is 7.68. The lowest BCUT2D eigenvalue weighted by molar-refractivity contribution is 0.400. The van der Waals surface area contributed by atoms with E-state index in [4.69, 9.17) is 16.0 Å². The summed E-state index contributed by atoms with van der Waals surface area (Å²) in [5.74, 6) is 0.579. The lowest BCUT2D eigenvalue weighted by Crippen LogP contribution is -2.22. The van der Waals surface area contributed by atoms with E-state index < -0.39 is 0 Å². The second kappa shape index (κ2) is 4.06. The van der Waals surface area contributed by atoms with Crippen molar-refractivity contribution in [1.29, 1.82) is 0 Å². The second-order valence-corrected chi connectivity index (χ2v) is 3.34. The van der Waals surface area contributed by atoms with Gasteiger partial charge in [-0.25, -0.2) is 4.99 Å². The van der Waals surface area contributed by atoms with E-state index in [1.54, 1.807) is 6.92 Å². The first-order valence-electron chi connectivity index (χ1n) is 4.80. The largest absolute Gasteiger partial charge is 0.370 e. The molecular weight excluding hydrogens is 204 g/mol. The number of hydrogen-bond acceptors (Lipinski definition) is 3. The van der Waals surface area contributed by atoms with Crippen molar-refractivity contribution in [2.75, 3.05) is 0 Å². The lowest BCUT2D eigenvalue weighted by atomic mass is 10.1. The molecule has 2 rings (SSSR count). The van der Waals surface area contributed by atoms with Crippen LogP contribution in [-0.2, 0) is 0 Å². The molecule has 0 radical (unpaired) electrons. The molecule has 5 heteroatoms. The fraction of sp³-hybridized carbons (Fsp3) is 0.0909. The van der Waals surface area contributed by atoms with Crippen LogP contribution < -0.4 is 11.5 Å². The Balaban J connectivity index is 2.55. The van der Waals surface area contributed by atoms with Crippen molar-refractivity contribution in [1.82, 2.24) is 5.16 Å². The van der Waals surface area contributed by atoms with Gasteiger partial charge < -0.3 is 16.0 Å². The summed E-state index contributed by atoms with van der Waals surface area (Å²) in [6.07, 6.45) is 0. The van der Waals surface area contributed by atoms with Crippen molar-refractivity contribution in [2.45, 2.75) is 6.92 Å². The molecule has 0 aliphatic carbocycles. The van der Waals surface area contributed by atoms with Gasteiger partial charge in [-0.1, -0.05) is 35.5 Å². The fourth-order valence-corrected chi connectivity index (χ4v) is 1.41. The van der Waals surface area contributed by atoms with E-state index >= 15 is 0 Å². The normalized spacial score (nSPS) is 10.1. The van der Waals surface area contributed by atoms with Crippen LogP contribution in [0.3, 0.4) is 0 Å². The smallest absolute Gasteiger partial charge is 0.191 e. The summed E-state index contributed by atoms with van der Waals surface area (Å²) in [5.41, 5.74) is 12.9. The highest BCUT2D eigenvalue weighted by molar-refractivity contribution is 5.83. The molecule has 0 atom stereocenters. The van der Waals surface area contributed by atoms with Crippen LogP contribution in [0.25, 0.3) is 11.3 Å². The molecule has 0 bridgehead atoms. The van der Waals surface area contributed by atoms with Crippen LogP contribution in [0.2, 0.25) is 0 Å². The van der Waals surface area contributed by atoms with Gasteiger partial charge in [-0.05, 0) is 6.92 Å². The molecule has 4 N–H and O–H groups in total. The van der Waals surface area contributed by atoms with Gasteiger partial charge in [0.05, 0.1) is 0 Å². The number of nitrogens with zero attached hydrogens (tertiary/aromatic N) is 2. The monoisotopic (exact) mass is 216 g/mol. The minimum atomic E-state index is -0.0107. The third-order valence-corrected chi connectivity index (χ3v) is 2.12. The van der Waals surface area contributed by atoms with E-state index in [0.717, 1.165) is 5.56 Å². The Morgan fingerprint density at radius 2 is 1.94 bits per heavy atom. The van der Waals surface area contributed by atoms with Crippen LogP contribution in [0, 0.1) is 6.92 Å². The van der Waals surface area contributed by atoms with Gasteiger partial charge in [-0.15, -0.1) is 0 Å². The van der Waals surface area contributed by atoms with Crippen molar-refractivity contribution in [2.24, 2.45) is 16.5 Å². The van der Waals surface area contributed by atoms with Gasteiger partial charge in [-0.2, -0.15) is 0 Å². The molecule has 82 valence electrons. The maximum atomic E-state index is 5.36. The maximum Gasteiger partial charge on any atom is 0.191 e. The Morgan fingerprint density at radius 3 is 2.56 bits per heavy atom. The summed E-state index contributed by atoms with van der Waals surface area (Å²) in [6, 6.07) is 9.60. The Hall–Kier alpha value is -2.30. The van der Waals surface area contributed by atoms with Gasteiger partial charge in [-0.3, -0.25) is 0 Å². The molecule has 0 saturated carbocycles. The molecule has 0 aliphatic rings. The standard InChI is InChI=1S/C11H12N4O/c1-7-9(14-11(12)13)10(15-16-7)8-5-3-2-4-6-8/h2-6H,1H3,(H4,12,13,14). The van der Waals surface area contributed by atoms with Crippen LogP contribution in [0.15, 0.2) is 39.8 Å². The number of aromatic nitrogens is 1. The molecule has 0 spiro atoms. The Morgan fingerprint density at radius 1 is 1.25 bits per heavy atom. The van der Waals surface area contributed by atoms with E-state index in [1.165, 1.54) is 0 Å². The van der Waals surface area contributed by atoms with Crippen molar-refractivity contribution in [3.05, 3.63) is 36.1 Å². The van der Waals surface area contributed by atoms with Gasteiger partial charge in [0.2, 0.25) is 0 Å². The first-order valence-corrected chi connectivity index (χ1v) is 4.80. The predicted molar refractivity (Wildman–Crippen MR) is 62.1 cm³/mol.